The summed E-state index contributed by atoms with van der Waals surface area (Å²) in [6.07, 6.45) is -0.722. The maximum atomic E-state index is 11.2. The fourth-order valence-corrected chi connectivity index (χ4v) is 0.762. The molecular weight excluding hydrogens is 188 g/mol. The highest BCUT2D eigenvalue weighted by Gasteiger charge is 2.31. The molecule has 0 spiro atoms. The van der Waals surface area contributed by atoms with E-state index in [4.69, 9.17) is 10.6 Å². The molecule has 0 aliphatic heterocycles. The molecule has 0 aromatic rings. The Morgan fingerprint density at radius 1 is 1.57 bits per heavy atom. The zero-order valence-electron chi connectivity index (χ0n) is 8.06. The van der Waals surface area contributed by atoms with Gasteiger partial charge in [-0.3, -0.25) is 4.79 Å². The van der Waals surface area contributed by atoms with Crippen LogP contribution in [0.1, 0.15) is 19.8 Å². The molecule has 0 saturated carbocycles. The Morgan fingerprint density at radius 2 is 2.14 bits per heavy atom. The number of aliphatic hydroxyl groups is 1. The van der Waals surface area contributed by atoms with Gasteiger partial charge in [-0.15, -0.1) is 0 Å². The summed E-state index contributed by atoms with van der Waals surface area (Å²) in [6, 6.07) is 0. The highest BCUT2D eigenvalue weighted by Crippen LogP contribution is 1.99. The average Bonchev–Trinajstić information content (AvgIpc) is 2.18. The number of carbonyl (C=O) groups is 2. The van der Waals surface area contributed by atoms with Crippen molar-refractivity contribution in [3.05, 3.63) is 5.53 Å². The summed E-state index contributed by atoms with van der Waals surface area (Å²) in [5.74, 6) is -1.76. The van der Waals surface area contributed by atoms with Crippen LogP contribution in [0.4, 0.5) is 0 Å². The van der Waals surface area contributed by atoms with Crippen LogP contribution in [0, 0.1) is 0 Å². The molecule has 0 amide bonds. The number of carbonyl (C=O) groups excluding carboxylic acids is 2. The lowest BCUT2D eigenvalue weighted by Crippen LogP contribution is -2.29. The topological polar surface area (TPSA) is 100 Å². The Hall–Kier alpha value is -1.52. The van der Waals surface area contributed by atoms with Gasteiger partial charge in [0.2, 0.25) is 0 Å². The van der Waals surface area contributed by atoms with Crippen molar-refractivity contribution in [1.29, 1.82) is 0 Å². The van der Waals surface area contributed by atoms with E-state index in [1.54, 1.807) is 6.92 Å². The summed E-state index contributed by atoms with van der Waals surface area (Å²) in [5, 5.41) is 9.12. The lowest BCUT2D eigenvalue weighted by atomic mass is 10.1. The number of nitrogens with zero attached hydrogens (tertiary/aromatic N) is 2. The van der Waals surface area contributed by atoms with E-state index >= 15 is 0 Å². The second-order valence-electron chi connectivity index (χ2n) is 2.63. The van der Waals surface area contributed by atoms with E-state index in [2.05, 4.69) is 9.53 Å². The van der Waals surface area contributed by atoms with Gasteiger partial charge in [0.05, 0.1) is 13.2 Å². The van der Waals surface area contributed by atoms with Gasteiger partial charge < -0.3 is 15.4 Å². The molecule has 0 heterocycles. The molecule has 0 fully saturated rings. The van der Waals surface area contributed by atoms with Crippen LogP contribution in [0.15, 0.2) is 0 Å². The molecule has 6 nitrogen and oxygen atoms in total. The first-order valence-corrected chi connectivity index (χ1v) is 4.08. The van der Waals surface area contributed by atoms with Crippen molar-refractivity contribution in [3.63, 3.8) is 0 Å². The van der Waals surface area contributed by atoms with Crippen molar-refractivity contribution in [3.8, 4) is 0 Å². The van der Waals surface area contributed by atoms with Crippen molar-refractivity contribution in [2.75, 3.05) is 7.11 Å². The molecule has 0 aliphatic rings. The van der Waals surface area contributed by atoms with E-state index < -0.39 is 23.6 Å². The highest BCUT2D eigenvalue weighted by molar-refractivity contribution is 6.62. The molecule has 0 aliphatic carbocycles. The maximum absolute atomic E-state index is 11.2. The van der Waals surface area contributed by atoms with Crippen molar-refractivity contribution in [2.24, 2.45) is 0 Å². The number of hydrogen-bond acceptors (Lipinski definition) is 4. The van der Waals surface area contributed by atoms with Gasteiger partial charge in [-0.25, -0.2) is 4.79 Å². The second-order valence-corrected chi connectivity index (χ2v) is 2.63. The quantitative estimate of drug-likeness (QED) is 0.214. The van der Waals surface area contributed by atoms with Crippen LogP contribution in [0.2, 0.25) is 0 Å². The summed E-state index contributed by atoms with van der Waals surface area (Å²) in [4.78, 5) is 24.6. The van der Waals surface area contributed by atoms with Gasteiger partial charge >= 0.3 is 11.7 Å². The maximum Gasteiger partial charge on any atom is 0.441 e. The summed E-state index contributed by atoms with van der Waals surface area (Å²) in [7, 11) is 1.07. The third-order valence-corrected chi connectivity index (χ3v) is 1.64. The zero-order chi connectivity index (χ0) is 11.1. The lowest BCUT2D eigenvalue weighted by molar-refractivity contribution is -0.139. The number of ether oxygens (including phenoxy) is 1. The Bertz CT molecular complexity index is 281. The number of rotatable bonds is 5. The summed E-state index contributed by atoms with van der Waals surface area (Å²) < 4.78 is 4.21. The minimum atomic E-state index is -1.01. The minimum absolute atomic E-state index is 0.259. The Morgan fingerprint density at radius 3 is 2.50 bits per heavy atom. The monoisotopic (exact) mass is 200 g/mol. The van der Waals surface area contributed by atoms with E-state index in [9.17, 15) is 9.59 Å². The smallest absolute Gasteiger partial charge is 0.441 e. The van der Waals surface area contributed by atoms with Gasteiger partial charge in [-0.2, -0.15) is 4.79 Å². The highest BCUT2D eigenvalue weighted by atomic mass is 16.5. The van der Waals surface area contributed by atoms with Crippen LogP contribution in [0.25, 0.3) is 5.53 Å². The first-order chi connectivity index (χ1) is 6.56. The Labute approximate surface area is 81.1 Å². The van der Waals surface area contributed by atoms with Crippen LogP contribution in [-0.2, 0) is 14.3 Å². The molecule has 1 atom stereocenters. The Balaban J connectivity index is 4.50. The third-order valence-electron chi connectivity index (χ3n) is 1.64. The van der Waals surface area contributed by atoms with Crippen molar-refractivity contribution in [1.82, 2.24) is 0 Å². The van der Waals surface area contributed by atoms with Crippen molar-refractivity contribution >= 4 is 17.5 Å². The van der Waals surface area contributed by atoms with Crippen LogP contribution in [-0.4, -0.2) is 40.6 Å². The van der Waals surface area contributed by atoms with Gasteiger partial charge in [-0.1, -0.05) is 6.92 Å². The molecule has 1 N–H and O–H groups in total. The predicted molar refractivity (Wildman–Crippen MR) is 46.6 cm³/mol. The molecule has 0 radical (unpaired) electrons. The van der Waals surface area contributed by atoms with E-state index in [0.717, 1.165) is 7.11 Å². The van der Waals surface area contributed by atoms with E-state index in [1.165, 1.54) is 0 Å². The standard InChI is InChI=1S/C8H12N2O4/c1-3-5(11)4-6(12)7(10-9)8(13)14-2/h5,11H,3-4H2,1-2H3. The van der Waals surface area contributed by atoms with Crippen LogP contribution < -0.4 is 0 Å². The number of hydrogen-bond donors (Lipinski definition) is 1. The second kappa shape index (κ2) is 6.01. The van der Waals surface area contributed by atoms with E-state index in [-0.39, 0.29) is 6.42 Å². The molecule has 0 bridgehead atoms. The van der Waals surface area contributed by atoms with Gasteiger partial charge in [0, 0.05) is 6.42 Å². The molecule has 1 unspecified atom stereocenters. The molecule has 0 rings (SSSR count). The fraction of sp³-hybridized carbons (Fsp3) is 0.625. The first-order valence-electron chi connectivity index (χ1n) is 4.08. The molecular formula is C8H12N2O4. The lowest BCUT2D eigenvalue weighted by Gasteiger charge is -2.02. The van der Waals surface area contributed by atoms with Crippen molar-refractivity contribution < 1.29 is 24.2 Å². The van der Waals surface area contributed by atoms with E-state index in [0.29, 0.717) is 6.42 Å². The molecule has 0 aromatic heterocycles. The van der Waals surface area contributed by atoms with Gasteiger partial charge in [-0.05, 0) is 6.42 Å². The normalized spacial score (nSPS) is 11.4. The number of Topliss-reactive ketones (excluding diaryl/α,β-unsaturated/α-hetero) is 1. The summed E-state index contributed by atoms with van der Waals surface area (Å²) in [5.41, 5.74) is 7.67. The molecule has 78 valence electrons. The van der Waals surface area contributed by atoms with Gasteiger partial charge in [0.25, 0.3) is 5.78 Å². The number of aliphatic hydroxyl groups excluding tert-OH is 1. The zero-order valence-corrected chi connectivity index (χ0v) is 8.06. The SMILES string of the molecule is CCC(O)CC(=O)C(=[N+]=[N-])C(=O)OC. The molecule has 6 heteroatoms. The molecule has 14 heavy (non-hydrogen) atoms. The van der Waals surface area contributed by atoms with Crippen molar-refractivity contribution in [2.45, 2.75) is 25.9 Å². The molecule has 0 saturated heterocycles. The first kappa shape index (κ1) is 12.5. The number of esters is 1. The van der Waals surface area contributed by atoms with E-state index in [1.807, 2.05) is 0 Å². The van der Waals surface area contributed by atoms with Crippen LogP contribution in [0.3, 0.4) is 0 Å². The third kappa shape index (κ3) is 3.47. The van der Waals surface area contributed by atoms with Gasteiger partial charge in [0.15, 0.2) is 0 Å². The largest absolute Gasteiger partial charge is 0.460 e. The average molecular weight is 200 g/mol. The predicted octanol–water partition coefficient (Wildman–Crippen LogP) is -0.440. The fourth-order valence-electron chi connectivity index (χ4n) is 0.762. The van der Waals surface area contributed by atoms with Crippen LogP contribution in [0.5, 0.6) is 0 Å². The number of methoxy groups -OCH3 is 1. The summed E-state index contributed by atoms with van der Waals surface area (Å²) >= 11 is 0. The summed E-state index contributed by atoms with van der Waals surface area (Å²) in [6.45, 7) is 1.69. The number of ketones is 1. The van der Waals surface area contributed by atoms with Crippen LogP contribution >= 0.6 is 0 Å². The molecule has 0 aromatic carbocycles. The minimum Gasteiger partial charge on any atom is -0.460 e. The Kier molecular flexibility index (Phi) is 5.36. The van der Waals surface area contributed by atoms with Gasteiger partial charge in [0.1, 0.15) is 0 Å².